The zero-order chi connectivity index (χ0) is 10.3. The van der Waals surface area contributed by atoms with E-state index >= 15 is 0 Å². The van der Waals surface area contributed by atoms with E-state index < -0.39 is 9.84 Å². The third kappa shape index (κ3) is 1.33. The van der Waals surface area contributed by atoms with Gasteiger partial charge in [-0.1, -0.05) is 0 Å². The van der Waals surface area contributed by atoms with Crippen molar-refractivity contribution in [2.45, 2.75) is 4.90 Å². The van der Waals surface area contributed by atoms with Gasteiger partial charge in [-0.05, 0) is 12.1 Å². The Balaban J connectivity index is 2.84. The van der Waals surface area contributed by atoms with Crippen LogP contribution >= 0.6 is 0 Å². The van der Waals surface area contributed by atoms with Crippen molar-refractivity contribution in [2.75, 3.05) is 12.0 Å². The van der Waals surface area contributed by atoms with E-state index in [1.807, 2.05) is 0 Å². The van der Waals surface area contributed by atoms with Gasteiger partial charge in [0.2, 0.25) is 0 Å². The molecule has 0 saturated carbocycles. The fourth-order valence-corrected chi connectivity index (χ4v) is 2.13. The van der Waals surface area contributed by atoms with Gasteiger partial charge in [-0.15, -0.1) is 0 Å². The Kier molecular flexibility index (Phi) is 1.75. The van der Waals surface area contributed by atoms with Crippen molar-refractivity contribution >= 4 is 26.4 Å². The largest absolute Gasteiger partial charge is 0.398 e. The number of anilines is 1. The van der Waals surface area contributed by atoms with Crippen molar-refractivity contribution in [3.05, 3.63) is 18.3 Å². The number of fused-ring (bicyclic) bond motifs is 1. The minimum Gasteiger partial charge on any atom is -0.398 e. The van der Waals surface area contributed by atoms with Gasteiger partial charge >= 0.3 is 0 Å². The second-order valence-electron chi connectivity index (χ2n) is 3.12. The lowest BCUT2D eigenvalue weighted by molar-refractivity contribution is 0.602. The summed E-state index contributed by atoms with van der Waals surface area (Å²) in [5, 5.41) is 7.28. The van der Waals surface area contributed by atoms with Gasteiger partial charge < -0.3 is 5.73 Å². The molecule has 14 heavy (non-hydrogen) atoms. The topological polar surface area (TPSA) is 88.8 Å². The van der Waals surface area contributed by atoms with E-state index in [1.165, 1.54) is 6.07 Å². The zero-order valence-corrected chi connectivity index (χ0v) is 8.30. The summed E-state index contributed by atoms with van der Waals surface area (Å²) in [6.07, 6.45) is 2.72. The first kappa shape index (κ1) is 9.01. The average molecular weight is 211 g/mol. The molecule has 0 aliphatic rings. The quantitative estimate of drug-likeness (QED) is 0.674. The van der Waals surface area contributed by atoms with Crippen molar-refractivity contribution in [1.82, 2.24) is 10.2 Å². The molecule has 2 aromatic rings. The van der Waals surface area contributed by atoms with Crippen molar-refractivity contribution in [3.8, 4) is 0 Å². The van der Waals surface area contributed by atoms with E-state index in [0.29, 0.717) is 5.52 Å². The lowest BCUT2D eigenvalue weighted by Crippen LogP contribution is -2.02. The van der Waals surface area contributed by atoms with Crippen LogP contribution < -0.4 is 5.73 Å². The molecule has 0 aliphatic carbocycles. The zero-order valence-electron chi connectivity index (χ0n) is 7.48. The van der Waals surface area contributed by atoms with Crippen LogP contribution in [-0.2, 0) is 9.84 Å². The van der Waals surface area contributed by atoms with Gasteiger partial charge in [0.1, 0.15) is 0 Å². The van der Waals surface area contributed by atoms with Crippen LogP contribution in [0, 0.1) is 0 Å². The molecule has 1 aromatic carbocycles. The van der Waals surface area contributed by atoms with Crippen LogP contribution in [0.3, 0.4) is 0 Å². The first-order valence-corrected chi connectivity index (χ1v) is 5.80. The van der Waals surface area contributed by atoms with Crippen LogP contribution in [0.1, 0.15) is 0 Å². The molecule has 0 atom stereocenters. The lowest BCUT2D eigenvalue weighted by atomic mass is 10.2. The Bertz CT molecular complexity index is 586. The molecule has 3 N–H and O–H groups in total. The molecule has 0 saturated heterocycles. The molecule has 5 nitrogen and oxygen atoms in total. The molecule has 0 aliphatic heterocycles. The summed E-state index contributed by atoms with van der Waals surface area (Å²) < 4.78 is 22.6. The SMILES string of the molecule is CS(=O)(=O)c1cc2[nH]ncc2cc1N. The number of nitrogens with one attached hydrogen (secondary N) is 1. The number of nitrogens with two attached hydrogens (primary N) is 1. The summed E-state index contributed by atoms with van der Waals surface area (Å²) in [6, 6.07) is 3.09. The summed E-state index contributed by atoms with van der Waals surface area (Å²) in [5.74, 6) is 0. The van der Waals surface area contributed by atoms with Crippen molar-refractivity contribution in [3.63, 3.8) is 0 Å². The van der Waals surface area contributed by atoms with Crippen LogP contribution in [0.2, 0.25) is 0 Å². The van der Waals surface area contributed by atoms with Crippen LogP contribution in [0.25, 0.3) is 10.9 Å². The fraction of sp³-hybridized carbons (Fsp3) is 0.125. The number of benzene rings is 1. The summed E-state index contributed by atoms with van der Waals surface area (Å²) in [4.78, 5) is 0.134. The van der Waals surface area contributed by atoms with Gasteiger partial charge in [0.15, 0.2) is 9.84 Å². The highest BCUT2D eigenvalue weighted by Gasteiger charge is 2.12. The van der Waals surface area contributed by atoms with Crippen molar-refractivity contribution in [2.24, 2.45) is 0 Å². The minimum atomic E-state index is -3.28. The molecule has 1 aromatic heterocycles. The molecule has 0 spiro atoms. The molecular weight excluding hydrogens is 202 g/mol. The summed E-state index contributed by atoms with van der Waals surface area (Å²) in [6.45, 7) is 0. The first-order valence-electron chi connectivity index (χ1n) is 3.91. The molecule has 1 heterocycles. The van der Waals surface area contributed by atoms with Gasteiger partial charge in [0, 0.05) is 11.6 Å². The predicted octanol–water partition coefficient (Wildman–Crippen LogP) is 0.549. The lowest BCUT2D eigenvalue weighted by Gasteiger charge is -2.02. The van der Waals surface area contributed by atoms with Gasteiger partial charge in [-0.25, -0.2) is 8.42 Å². The van der Waals surface area contributed by atoms with E-state index in [4.69, 9.17) is 5.73 Å². The van der Waals surface area contributed by atoms with Gasteiger partial charge in [0.05, 0.1) is 22.3 Å². The highest BCUT2D eigenvalue weighted by molar-refractivity contribution is 7.90. The highest BCUT2D eigenvalue weighted by atomic mass is 32.2. The third-order valence-corrected chi connectivity index (χ3v) is 3.12. The number of sulfone groups is 1. The number of nitrogen functional groups attached to an aromatic ring is 1. The number of hydrogen-bond donors (Lipinski definition) is 2. The highest BCUT2D eigenvalue weighted by Crippen LogP contribution is 2.23. The molecular formula is C8H9N3O2S. The fourth-order valence-electron chi connectivity index (χ4n) is 1.31. The predicted molar refractivity (Wildman–Crippen MR) is 53.6 cm³/mol. The molecule has 0 bridgehead atoms. The maximum Gasteiger partial charge on any atom is 0.177 e. The molecule has 0 amide bonds. The molecule has 6 heteroatoms. The minimum absolute atomic E-state index is 0.134. The number of H-pyrrole nitrogens is 1. The summed E-state index contributed by atoms with van der Waals surface area (Å²) in [5.41, 5.74) is 6.53. The van der Waals surface area contributed by atoms with E-state index in [-0.39, 0.29) is 10.6 Å². The monoisotopic (exact) mass is 211 g/mol. The van der Waals surface area contributed by atoms with E-state index in [0.717, 1.165) is 11.6 Å². The van der Waals surface area contributed by atoms with E-state index in [2.05, 4.69) is 10.2 Å². The Morgan fingerprint density at radius 3 is 2.79 bits per heavy atom. The molecule has 0 fully saturated rings. The maximum atomic E-state index is 11.3. The van der Waals surface area contributed by atoms with Crippen LogP contribution in [0.5, 0.6) is 0 Å². The second-order valence-corrected chi connectivity index (χ2v) is 5.10. The summed E-state index contributed by atoms with van der Waals surface area (Å²) in [7, 11) is -3.28. The van der Waals surface area contributed by atoms with Crippen molar-refractivity contribution in [1.29, 1.82) is 0 Å². The van der Waals surface area contributed by atoms with Gasteiger partial charge in [-0.2, -0.15) is 5.10 Å². The standard InChI is InChI=1S/C8H9N3O2S/c1-14(12,13)8-3-7-5(2-6(8)9)4-10-11-7/h2-4H,9H2,1H3,(H,10,11). The Morgan fingerprint density at radius 2 is 2.14 bits per heavy atom. The van der Waals surface area contributed by atoms with Crippen molar-refractivity contribution < 1.29 is 8.42 Å². The number of hydrogen-bond acceptors (Lipinski definition) is 4. The smallest absolute Gasteiger partial charge is 0.177 e. The third-order valence-electron chi connectivity index (χ3n) is 1.97. The number of aromatic amines is 1. The summed E-state index contributed by atoms with van der Waals surface area (Å²) >= 11 is 0. The number of aromatic nitrogens is 2. The van der Waals surface area contributed by atoms with Crippen LogP contribution in [0.15, 0.2) is 23.2 Å². The van der Waals surface area contributed by atoms with E-state index in [9.17, 15) is 8.42 Å². The Morgan fingerprint density at radius 1 is 1.43 bits per heavy atom. The molecule has 2 rings (SSSR count). The molecule has 0 radical (unpaired) electrons. The van der Waals surface area contributed by atoms with Crippen LogP contribution in [-0.4, -0.2) is 24.9 Å². The van der Waals surface area contributed by atoms with Gasteiger partial charge in [-0.3, -0.25) is 5.10 Å². The maximum absolute atomic E-state index is 11.3. The number of nitrogens with zero attached hydrogens (tertiary/aromatic N) is 1. The second kappa shape index (κ2) is 2.71. The first-order chi connectivity index (χ1) is 6.48. The molecule has 0 unspecified atom stereocenters. The Labute approximate surface area is 80.8 Å². The number of rotatable bonds is 1. The van der Waals surface area contributed by atoms with Gasteiger partial charge in [0.25, 0.3) is 0 Å². The molecule has 74 valence electrons. The normalized spacial score (nSPS) is 12.1. The van der Waals surface area contributed by atoms with Crippen LogP contribution in [0.4, 0.5) is 5.69 Å². The average Bonchev–Trinajstić information content (AvgIpc) is 2.47. The van der Waals surface area contributed by atoms with E-state index in [1.54, 1.807) is 12.3 Å². The Hall–Kier alpha value is -1.56.